The van der Waals surface area contributed by atoms with E-state index in [4.69, 9.17) is 18.4 Å². The molecule has 0 saturated carbocycles. The second kappa shape index (κ2) is 7.17. The molecule has 0 atom stereocenters. The molecular weight excluding hydrogens is 420 g/mol. The van der Waals surface area contributed by atoms with Gasteiger partial charge in [-0.1, -0.05) is 23.8 Å². The first-order chi connectivity index (χ1) is 14.9. The lowest BCUT2D eigenvalue weighted by Crippen LogP contribution is -2.09. The molecule has 156 valence electrons. The summed E-state index contributed by atoms with van der Waals surface area (Å²) in [7, 11) is -4.01. The third kappa shape index (κ3) is 3.62. The third-order valence-electron chi connectivity index (χ3n) is 4.85. The largest absolute Gasteiger partial charge is 0.454 e. The maximum absolute atomic E-state index is 12.7. The van der Waals surface area contributed by atoms with E-state index in [-0.39, 0.29) is 34.7 Å². The first kappa shape index (κ1) is 19.2. The predicted octanol–water partition coefficient (Wildman–Crippen LogP) is 4.11. The predicted molar refractivity (Wildman–Crippen MR) is 111 cm³/mol. The van der Waals surface area contributed by atoms with Crippen LogP contribution >= 0.6 is 0 Å². The monoisotopic (exact) mass is 436 g/mol. The molecule has 3 aromatic carbocycles. The molecule has 2 heterocycles. The Morgan fingerprint density at radius 1 is 0.903 bits per heavy atom. The summed E-state index contributed by atoms with van der Waals surface area (Å²) in [6.45, 7) is 2.02. The second-order valence-electron chi connectivity index (χ2n) is 7.06. The van der Waals surface area contributed by atoms with Crippen molar-refractivity contribution in [2.24, 2.45) is 0 Å². The average molecular weight is 436 g/mol. The quantitative estimate of drug-likeness (QED) is 0.449. The molecule has 0 saturated heterocycles. The summed E-state index contributed by atoms with van der Waals surface area (Å²) in [5.41, 5.74) is 1.97. The highest BCUT2D eigenvalue weighted by Gasteiger charge is 2.29. The van der Waals surface area contributed by atoms with Crippen LogP contribution in [0.4, 0.5) is 0 Å². The van der Waals surface area contributed by atoms with Gasteiger partial charge in [0.15, 0.2) is 17.3 Å². The lowest BCUT2D eigenvalue weighted by molar-refractivity contribution is 0.101. The van der Waals surface area contributed by atoms with Gasteiger partial charge in [0.05, 0.1) is 5.56 Å². The zero-order valence-electron chi connectivity index (χ0n) is 16.3. The second-order valence-corrected chi connectivity index (χ2v) is 8.61. The van der Waals surface area contributed by atoms with Crippen LogP contribution in [0.15, 0.2) is 71.3 Å². The standard InChI is InChI=1S/C23H16O7S/c1-14-2-6-17(7-3-14)31(25,26)30-16-5-8-18-20(12-16)29-22(23(18)24)11-15-4-9-19-21(10-15)28-13-27-19/h2-12H,13H2,1H3. The topological polar surface area (TPSA) is 88.1 Å². The van der Waals surface area contributed by atoms with Crippen LogP contribution in [0.3, 0.4) is 0 Å². The lowest BCUT2D eigenvalue weighted by Gasteiger charge is -2.08. The number of hydrogen-bond donors (Lipinski definition) is 0. The number of carbonyl (C=O) groups excluding carboxylic acids is 1. The highest BCUT2D eigenvalue weighted by molar-refractivity contribution is 7.87. The molecule has 2 aliphatic heterocycles. The van der Waals surface area contributed by atoms with Crippen molar-refractivity contribution in [2.45, 2.75) is 11.8 Å². The van der Waals surface area contributed by atoms with Crippen LogP contribution in [0.1, 0.15) is 21.5 Å². The van der Waals surface area contributed by atoms with Gasteiger partial charge < -0.3 is 18.4 Å². The molecule has 8 heteroatoms. The van der Waals surface area contributed by atoms with Crippen molar-refractivity contribution in [3.8, 4) is 23.0 Å². The first-order valence-electron chi connectivity index (χ1n) is 9.38. The van der Waals surface area contributed by atoms with Crippen LogP contribution in [0.25, 0.3) is 6.08 Å². The third-order valence-corrected chi connectivity index (χ3v) is 6.11. The molecule has 0 aromatic heterocycles. The summed E-state index contributed by atoms with van der Waals surface area (Å²) >= 11 is 0. The van der Waals surface area contributed by atoms with E-state index in [1.165, 1.54) is 30.3 Å². The van der Waals surface area contributed by atoms with Crippen LogP contribution in [-0.2, 0) is 10.1 Å². The minimum absolute atomic E-state index is 0.0407. The highest BCUT2D eigenvalue weighted by atomic mass is 32.2. The van der Waals surface area contributed by atoms with E-state index in [1.807, 2.05) is 6.92 Å². The van der Waals surface area contributed by atoms with E-state index in [0.717, 1.165) is 5.56 Å². The minimum atomic E-state index is -4.01. The molecule has 0 N–H and O–H groups in total. The van der Waals surface area contributed by atoms with Gasteiger partial charge in [-0.25, -0.2) is 0 Å². The van der Waals surface area contributed by atoms with Crippen molar-refractivity contribution in [3.63, 3.8) is 0 Å². The zero-order chi connectivity index (χ0) is 21.6. The van der Waals surface area contributed by atoms with Gasteiger partial charge in [-0.3, -0.25) is 4.79 Å². The molecule has 0 spiro atoms. The number of hydrogen-bond acceptors (Lipinski definition) is 7. The number of aryl methyl sites for hydroxylation is 1. The molecule has 0 radical (unpaired) electrons. The smallest absolute Gasteiger partial charge is 0.339 e. The van der Waals surface area contributed by atoms with Gasteiger partial charge in [0.2, 0.25) is 12.6 Å². The van der Waals surface area contributed by atoms with Gasteiger partial charge in [0.1, 0.15) is 16.4 Å². The number of rotatable bonds is 4. The summed E-state index contributed by atoms with van der Waals surface area (Å²) in [5, 5.41) is 0. The number of ketones is 1. The molecule has 2 aliphatic rings. The van der Waals surface area contributed by atoms with Crippen molar-refractivity contribution in [1.29, 1.82) is 0 Å². The van der Waals surface area contributed by atoms with Gasteiger partial charge in [-0.15, -0.1) is 0 Å². The van der Waals surface area contributed by atoms with Gasteiger partial charge in [-0.05, 0) is 55.0 Å². The Kier molecular flexibility index (Phi) is 4.44. The van der Waals surface area contributed by atoms with E-state index in [0.29, 0.717) is 22.6 Å². The van der Waals surface area contributed by atoms with E-state index in [2.05, 4.69) is 0 Å². The van der Waals surface area contributed by atoms with Crippen LogP contribution < -0.4 is 18.4 Å². The summed E-state index contributed by atoms with van der Waals surface area (Å²) in [6, 6.07) is 15.9. The first-order valence-corrected chi connectivity index (χ1v) is 10.8. The Morgan fingerprint density at radius 2 is 1.68 bits per heavy atom. The van der Waals surface area contributed by atoms with E-state index < -0.39 is 10.1 Å². The van der Waals surface area contributed by atoms with Gasteiger partial charge in [0, 0.05) is 6.07 Å². The molecule has 3 aromatic rings. The Balaban J connectivity index is 1.39. The number of allylic oxidation sites excluding steroid dienone is 1. The highest BCUT2D eigenvalue weighted by Crippen LogP contribution is 2.37. The van der Waals surface area contributed by atoms with Crippen molar-refractivity contribution in [2.75, 3.05) is 6.79 Å². The molecular formula is C23H16O7S. The minimum Gasteiger partial charge on any atom is -0.454 e. The zero-order valence-corrected chi connectivity index (χ0v) is 17.1. The molecule has 0 unspecified atom stereocenters. The Hall–Kier alpha value is -3.78. The van der Waals surface area contributed by atoms with Gasteiger partial charge in [0.25, 0.3) is 0 Å². The molecule has 0 fully saturated rings. The van der Waals surface area contributed by atoms with Crippen molar-refractivity contribution >= 4 is 22.0 Å². The lowest BCUT2D eigenvalue weighted by atomic mass is 10.1. The van der Waals surface area contributed by atoms with E-state index in [1.54, 1.807) is 36.4 Å². The van der Waals surface area contributed by atoms with Gasteiger partial charge >= 0.3 is 10.1 Å². The fourth-order valence-electron chi connectivity index (χ4n) is 3.25. The summed E-state index contributed by atoms with van der Waals surface area (Å²) in [4.78, 5) is 12.7. The molecule has 31 heavy (non-hydrogen) atoms. The average Bonchev–Trinajstić information content (AvgIpc) is 3.32. The molecule has 0 aliphatic carbocycles. The van der Waals surface area contributed by atoms with Crippen molar-refractivity contribution in [3.05, 3.63) is 83.1 Å². The molecule has 7 nitrogen and oxygen atoms in total. The van der Waals surface area contributed by atoms with Crippen molar-refractivity contribution in [1.82, 2.24) is 0 Å². The summed E-state index contributed by atoms with van der Waals surface area (Å²) in [5.74, 6) is 1.33. The number of fused-ring (bicyclic) bond motifs is 2. The Morgan fingerprint density at radius 3 is 2.48 bits per heavy atom. The maximum Gasteiger partial charge on any atom is 0.339 e. The number of Topliss-reactive ketones (excluding diaryl/α,β-unsaturated/α-hetero) is 1. The van der Waals surface area contributed by atoms with E-state index in [9.17, 15) is 13.2 Å². The number of ether oxygens (including phenoxy) is 3. The fourth-order valence-corrected chi connectivity index (χ4v) is 4.18. The van der Waals surface area contributed by atoms with Crippen LogP contribution in [0.5, 0.6) is 23.0 Å². The summed E-state index contributed by atoms with van der Waals surface area (Å²) in [6.07, 6.45) is 1.59. The van der Waals surface area contributed by atoms with Crippen molar-refractivity contribution < 1.29 is 31.6 Å². The number of carbonyl (C=O) groups is 1. The van der Waals surface area contributed by atoms with Crippen LogP contribution in [0.2, 0.25) is 0 Å². The summed E-state index contributed by atoms with van der Waals surface area (Å²) < 4.78 is 46.6. The maximum atomic E-state index is 12.7. The SMILES string of the molecule is Cc1ccc(S(=O)(=O)Oc2ccc3c(c2)OC(=Cc2ccc4c(c2)OCO4)C3=O)cc1. The molecule has 0 amide bonds. The normalized spacial score (nSPS) is 15.6. The molecule has 0 bridgehead atoms. The van der Waals surface area contributed by atoms with E-state index >= 15 is 0 Å². The number of benzene rings is 3. The Labute approximate surface area is 178 Å². The van der Waals surface area contributed by atoms with Crippen LogP contribution in [0, 0.1) is 6.92 Å². The van der Waals surface area contributed by atoms with Crippen LogP contribution in [-0.4, -0.2) is 21.0 Å². The van der Waals surface area contributed by atoms with Gasteiger partial charge in [-0.2, -0.15) is 8.42 Å². The fraction of sp³-hybridized carbons (Fsp3) is 0.0870. The molecule has 5 rings (SSSR count). The Bertz CT molecular complexity index is 1340.